The van der Waals surface area contributed by atoms with Gasteiger partial charge in [0.25, 0.3) is 0 Å². The van der Waals surface area contributed by atoms with Gasteiger partial charge >= 0.3 is 0 Å². The summed E-state index contributed by atoms with van der Waals surface area (Å²) in [7, 11) is 1.65. The molecule has 1 atom stereocenters. The van der Waals surface area contributed by atoms with Gasteiger partial charge in [-0.15, -0.1) is 24.8 Å². The van der Waals surface area contributed by atoms with E-state index in [-0.39, 0.29) is 24.8 Å². The lowest BCUT2D eigenvalue weighted by Gasteiger charge is -2.17. The Morgan fingerprint density at radius 2 is 1.89 bits per heavy atom. The van der Waals surface area contributed by atoms with E-state index in [1.807, 2.05) is 42.5 Å². The first kappa shape index (κ1) is 23.9. The molecule has 2 aromatic rings. The number of hydrogen-bond donors (Lipinski definition) is 1. The number of hydrogen-bond acceptors (Lipinski definition) is 4. The summed E-state index contributed by atoms with van der Waals surface area (Å²) in [6.45, 7) is 2.83. The van der Waals surface area contributed by atoms with E-state index >= 15 is 0 Å². The van der Waals surface area contributed by atoms with Crippen LogP contribution >= 0.6 is 36.4 Å². The molecule has 1 aliphatic heterocycles. The SMILES string of the molecule is COc1cccc(CNCC2CCCO2)c1OCc1ccccc1Cl.Cl.Cl. The molecule has 0 amide bonds. The minimum atomic E-state index is 0. The van der Waals surface area contributed by atoms with E-state index in [1.165, 1.54) is 0 Å². The second kappa shape index (κ2) is 12.3. The molecule has 0 radical (unpaired) electrons. The van der Waals surface area contributed by atoms with E-state index in [9.17, 15) is 0 Å². The summed E-state index contributed by atoms with van der Waals surface area (Å²) in [6.07, 6.45) is 2.59. The largest absolute Gasteiger partial charge is 0.493 e. The highest BCUT2D eigenvalue weighted by atomic mass is 35.5. The maximum Gasteiger partial charge on any atom is 0.166 e. The van der Waals surface area contributed by atoms with Crippen molar-refractivity contribution in [1.29, 1.82) is 0 Å². The fourth-order valence-corrected chi connectivity index (χ4v) is 3.15. The van der Waals surface area contributed by atoms with Crippen molar-refractivity contribution in [2.24, 2.45) is 0 Å². The predicted molar refractivity (Wildman–Crippen MR) is 114 cm³/mol. The minimum Gasteiger partial charge on any atom is -0.493 e. The van der Waals surface area contributed by atoms with Crippen molar-refractivity contribution < 1.29 is 14.2 Å². The highest BCUT2D eigenvalue weighted by Crippen LogP contribution is 2.32. The number of nitrogens with one attached hydrogen (secondary N) is 1. The Bertz CT molecular complexity index is 694. The van der Waals surface area contributed by atoms with Crippen molar-refractivity contribution >= 4 is 36.4 Å². The van der Waals surface area contributed by atoms with Gasteiger partial charge in [-0.3, -0.25) is 0 Å². The van der Waals surface area contributed by atoms with Crippen molar-refractivity contribution in [2.75, 3.05) is 20.3 Å². The van der Waals surface area contributed by atoms with Crippen LogP contribution in [-0.4, -0.2) is 26.4 Å². The van der Waals surface area contributed by atoms with Crippen LogP contribution in [0.5, 0.6) is 11.5 Å². The molecule has 1 fully saturated rings. The number of para-hydroxylation sites is 1. The third-order valence-electron chi connectivity index (χ3n) is 4.32. The molecule has 2 aromatic carbocycles. The second-order valence-corrected chi connectivity index (χ2v) is 6.50. The van der Waals surface area contributed by atoms with Crippen LogP contribution in [0.25, 0.3) is 0 Å². The summed E-state index contributed by atoms with van der Waals surface area (Å²) in [6, 6.07) is 13.6. The second-order valence-electron chi connectivity index (χ2n) is 6.09. The molecule has 1 unspecified atom stereocenters. The fourth-order valence-electron chi connectivity index (χ4n) is 2.96. The number of methoxy groups -OCH3 is 1. The highest BCUT2D eigenvalue weighted by Gasteiger charge is 2.16. The molecule has 1 aliphatic rings. The first-order valence-corrected chi connectivity index (χ1v) is 9.00. The van der Waals surface area contributed by atoms with Gasteiger partial charge in [0, 0.05) is 35.8 Å². The van der Waals surface area contributed by atoms with Crippen molar-refractivity contribution in [1.82, 2.24) is 5.32 Å². The monoisotopic (exact) mass is 433 g/mol. The van der Waals surface area contributed by atoms with Gasteiger partial charge in [0.05, 0.1) is 13.2 Å². The number of benzene rings is 2. The maximum absolute atomic E-state index is 6.22. The smallest absolute Gasteiger partial charge is 0.166 e. The van der Waals surface area contributed by atoms with Gasteiger partial charge in [0.15, 0.2) is 11.5 Å². The van der Waals surface area contributed by atoms with Gasteiger partial charge in [0.1, 0.15) is 6.61 Å². The zero-order chi connectivity index (χ0) is 17.5. The summed E-state index contributed by atoms with van der Waals surface area (Å²) in [5.41, 5.74) is 2.01. The Labute approximate surface area is 178 Å². The summed E-state index contributed by atoms with van der Waals surface area (Å²) < 4.78 is 17.2. The topological polar surface area (TPSA) is 39.7 Å². The Morgan fingerprint density at radius 3 is 2.59 bits per heavy atom. The van der Waals surface area contributed by atoms with Crippen LogP contribution in [0.15, 0.2) is 42.5 Å². The molecule has 0 saturated carbocycles. The molecular weight excluding hydrogens is 409 g/mol. The van der Waals surface area contributed by atoms with E-state index in [0.717, 1.165) is 48.6 Å². The molecule has 1 heterocycles. The van der Waals surface area contributed by atoms with Crippen LogP contribution in [0.2, 0.25) is 5.02 Å². The van der Waals surface area contributed by atoms with E-state index in [2.05, 4.69) is 5.32 Å². The molecule has 0 aromatic heterocycles. The summed E-state index contributed by atoms with van der Waals surface area (Å²) in [5.74, 6) is 1.48. The average Bonchev–Trinajstić information content (AvgIpc) is 3.15. The standard InChI is InChI=1S/C20H24ClNO3.2ClH/c1-23-19-10-4-7-15(12-22-13-17-8-5-11-24-17)20(19)25-14-16-6-2-3-9-18(16)21;;/h2-4,6-7,9-10,17,22H,5,8,11-14H2,1H3;2*1H. The van der Waals surface area contributed by atoms with Crippen molar-refractivity contribution in [3.63, 3.8) is 0 Å². The van der Waals surface area contributed by atoms with Crippen molar-refractivity contribution in [3.05, 3.63) is 58.6 Å². The van der Waals surface area contributed by atoms with E-state index < -0.39 is 0 Å². The Balaban J connectivity index is 0.00000182. The first-order chi connectivity index (χ1) is 12.3. The van der Waals surface area contributed by atoms with Gasteiger partial charge < -0.3 is 19.5 Å². The van der Waals surface area contributed by atoms with Gasteiger partial charge in [-0.2, -0.15) is 0 Å². The van der Waals surface area contributed by atoms with Crippen LogP contribution in [0, 0.1) is 0 Å². The summed E-state index contributed by atoms with van der Waals surface area (Å²) in [4.78, 5) is 0. The molecule has 7 heteroatoms. The van der Waals surface area contributed by atoms with E-state index in [1.54, 1.807) is 7.11 Å². The lowest BCUT2D eigenvalue weighted by molar-refractivity contribution is 0.110. The molecule has 1 N–H and O–H groups in total. The molecular formula is C20H26Cl3NO3. The molecule has 0 spiro atoms. The Hall–Kier alpha value is -1.17. The quantitative estimate of drug-likeness (QED) is 0.632. The van der Waals surface area contributed by atoms with E-state index in [4.69, 9.17) is 25.8 Å². The zero-order valence-corrected chi connectivity index (χ0v) is 17.7. The van der Waals surface area contributed by atoms with Crippen LogP contribution < -0.4 is 14.8 Å². The average molecular weight is 435 g/mol. The minimum absolute atomic E-state index is 0. The number of rotatable bonds is 8. The van der Waals surface area contributed by atoms with Crippen molar-refractivity contribution in [3.8, 4) is 11.5 Å². The fraction of sp³-hybridized carbons (Fsp3) is 0.400. The molecule has 1 saturated heterocycles. The molecule has 0 aliphatic carbocycles. The molecule has 4 nitrogen and oxygen atoms in total. The van der Waals surface area contributed by atoms with Crippen LogP contribution in [0.4, 0.5) is 0 Å². The number of halogens is 3. The van der Waals surface area contributed by atoms with Crippen LogP contribution in [0.3, 0.4) is 0 Å². The lowest BCUT2D eigenvalue weighted by atomic mass is 10.1. The molecule has 3 rings (SSSR count). The first-order valence-electron chi connectivity index (χ1n) is 8.62. The normalized spacial score (nSPS) is 15.6. The predicted octanol–water partition coefficient (Wildman–Crippen LogP) is 5.04. The van der Waals surface area contributed by atoms with Gasteiger partial charge in [-0.25, -0.2) is 0 Å². The Morgan fingerprint density at radius 1 is 1.11 bits per heavy atom. The summed E-state index contributed by atoms with van der Waals surface area (Å²) >= 11 is 6.22. The molecule has 150 valence electrons. The Kier molecular flexibility index (Phi) is 10.9. The van der Waals surface area contributed by atoms with E-state index in [0.29, 0.717) is 24.3 Å². The molecule has 27 heavy (non-hydrogen) atoms. The van der Waals surface area contributed by atoms with Gasteiger partial charge in [0.2, 0.25) is 0 Å². The highest BCUT2D eigenvalue weighted by molar-refractivity contribution is 6.31. The zero-order valence-electron chi connectivity index (χ0n) is 15.3. The lowest BCUT2D eigenvalue weighted by Crippen LogP contribution is -2.26. The van der Waals surface area contributed by atoms with Crippen LogP contribution in [-0.2, 0) is 17.9 Å². The van der Waals surface area contributed by atoms with Crippen molar-refractivity contribution in [2.45, 2.75) is 32.1 Å². The third kappa shape index (κ3) is 6.74. The third-order valence-corrected chi connectivity index (χ3v) is 4.69. The number of ether oxygens (including phenoxy) is 3. The molecule has 0 bridgehead atoms. The van der Waals surface area contributed by atoms with Gasteiger partial charge in [-0.05, 0) is 25.0 Å². The van der Waals surface area contributed by atoms with Gasteiger partial charge in [-0.1, -0.05) is 41.9 Å². The summed E-state index contributed by atoms with van der Waals surface area (Å²) in [5, 5.41) is 4.16. The van der Waals surface area contributed by atoms with Crippen LogP contribution in [0.1, 0.15) is 24.0 Å². The maximum atomic E-state index is 6.22.